The second kappa shape index (κ2) is 5.96. The molecule has 21 heavy (non-hydrogen) atoms. The van der Waals surface area contributed by atoms with E-state index in [0.717, 1.165) is 0 Å². The van der Waals surface area contributed by atoms with Crippen molar-refractivity contribution in [2.24, 2.45) is 0 Å². The van der Waals surface area contributed by atoms with Gasteiger partial charge in [-0.25, -0.2) is 0 Å². The molecule has 0 aliphatic heterocycles. The number of nitrogens with zero attached hydrogens (tertiary/aromatic N) is 1. The van der Waals surface area contributed by atoms with E-state index in [-0.39, 0.29) is 22.4 Å². The van der Waals surface area contributed by atoms with E-state index in [1.165, 1.54) is 43.5 Å². The summed E-state index contributed by atoms with van der Waals surface area (Å²) in [5, 5.41) is 10.6. The summed E-state index contributed by atoms with van der Waals surface area (Å²) in [4.78, 5) is 33.5. The number of carbonyl (C=O) groups is 2. The molecule has 0 spiro atoms. The lowest BCUT2D eigenvalue weighted by Crippen LogP contribution is -2.06. The van der Waals surface area contributed by atoms with Gasteiger partial charge in [0.2, 0.25) is 0 Å². The van der Waals surface area contributed by atoms with Crippen molar-refractivity contribution >= 4 is 17.8 Å². The van der Waals surface area contributed by atoms with Crippen molar-refractivity contribution < 1.29 is 19.2 Å². The fourth-order valence-corrected chi connectivity index (χ4v) is 1.85. The third kappa shape index (κ3) is 2.94. The second-order valence-electron chi connectivity index (χ2n) is 4.20. The summed E-state index contributed by atoms with van der Waals surface area (Å²) >= 11 is 0. The SMILES string of the molecule is COc1ccc(C=O)c(C(=O)c2ccc([N+](=O)[O-])cc2)c1. The quantitative estimate of drug-likeness (QED) is 0.365. The van der Waals surface area contributed by atoms with Crippen LogP contribution < -0.4 is 4.74 Å². The predicted molar refractivity (Wildman–Crippen MR) is 74.9 cm³/mol. The van der Waals surface area contributed by atoms with Gasteiger partial charge in [0.25, 0.3) is 5.69 Å². The maximum absolute atomic E-state index is 12.4. The zero-order valence-electron chi connectivity index (χ0n) is 11.1. The summed E-state index contributed by atoms with van der Waals surface area (Å²) in [6.07, 6.45) is 0.581. The van der Waals surface area contributed by atoms with Crippen molar-refractivity contribution in [2.75, 3.05) is 7.11 Å². The maximum atomic E-state index is 12.4. The van der Waals surface area contributed by atoms with Crippen LogP contribution in [0.4, 0.5) is 5.69 Å². The largest absolute Gasteiger partial charge is 0.497 e. The normalized spacial score (nSPS) is 9.95. The van der Waals surface area contributed by atoms with Gasteiger partial charge < -0.3 is 4.74 Å². The van der Waals surface area contributed by atoms with E-state index in [9.17, 15) is 19.7 Å². The van der Waals surface area contributed by atoms with Crippen molar-refractivity contribution in [2.45, 2.75) is 0 Å². The van der Waals surface area contributed by atoms with Gasteiger partial charge in [0.05, 0.1) is 12.0 Å². The number of nitro groups is 1. The maximum Gasteiger partial charge on any atom is 0.269 e. The van der Waals surface area contributed by atoms with E-state index in [1.807, 2.05) is 0 Å². The van der Waals surface area contributed by atoms with E-state index >= 15 is 0 Å². The number of hydrogen-bond donors (Lipinski definition) is 0. The zero-order chi connectivity index (χ0) is 15.4. The van der Waals surface area contributed by atoms with Crippen molar-refractivity contribution in [1.29, 1.82) is 0 Å². The van der Waals surface area contributed by atoms with Gasteiger partial charge in [-0.1, -0.05) is 0 Å². The third-order valence-corrected chi connectivity index (χ3v) is 2.97. The Morgan fingerprint density at radius 2 is 1.86 bits per heavy atom. The minimum Gasteiger partial charge on any atom is -0.497 e. The van der Waals surface area contributed by atoms with Crippen LogP contribution in [0.15, 0.2) is 42.5 Å². The molecule has 0 saturated carbocycles. The molecule has 0 bridgehead atoms. The van der Waals surface area contributed by atoms with Crippen LogP contribution in [0.1, 0.15) is 26.3 Å². The van der Waals surface area contributed by atoms with Crippen LogP contribution in [0.5, 0.6) is 5.75 Å². The highest BCUT2D eigenvalue weighted by Gasteiger charge is 2.16. The first kappa shape index (κ1) is 14.4. The molecule has 0 unspecified atom stereocenters. The summed E-state index contributed by atoms with van der Waals surface area (Å²) in [7, 11) is 1.45. The molecule has 2 aromatic rings. The van der Waals surface area contributed by atoms with Crippen molar-refractivity contribution in [3.8, 4) is 5.75 Å². The van der Waals surface area contributed by atoms with E-state index in [4.69, 9.17) is 4.74 Å². The molecule has 0 N–H and O–H groups in total. The van der Waals surface area contributed by atoms with Crippen LogP contribution in [0.25, 0.3) is 0 Å². The average molecular weight is 285 g/mol. The Bertz CT molecular complexity index is 707. The standard InChI is InChI=1S/C15H11NO5/c1-21-13-7-4-11(9-17)14(8-13)15(18)10-2-5-12(6-3-10)16(19)20/h2-9H,1H3. The number of ketones is 1. The average Bonchev–Trinajstić information content (AvgIpc) is 2.53. The monoisotopic (exact) mass is 285 g/mol. The molecule has 106 valence electrons. The van der Waals surface area contributed by atoms with Gasteiger partial charge in [0, 0.05) is 28.8 Å². The molecule has 0 atom stereocenters. The van der Waals surface area contributed by atoms with Crippen LogP contribution >= 0.6 is 0 Å². The summed E-state index contributed by atoms with van der Waals surface area (Å²) in [5.41, 5.74) is 0.585. The van der Waals surface area contributed by atoms with Gasteiger partial charge in [0.15, 0.2) is 12.1 Å². The Balaban J connectivity index is 2.43. The van der Waals surface area contributed by atoms with Crippen LogP contribution in [-0.2, 0) is 0 Å². The number of aldehydes is 1. The smallest absolute Gasteiger partial charge is 0.269 e. The molecule has 6 heteroatoms. The molecular weight excluding hydrogens is 274 g/mol. The molecular formula is C15H11NO5. The van der Waals surface area contributed by atoms with Crippen LogP contribution in [0.3, 0.4) is 0 Å². The molecule has 0 radical (unpaired) electrons. The van der Waals surface area contributed by atoms with Gasteiger partial charge in [-0.15, -0.1) is 0 Å². The number of rotatable bonds is 5. The number of nitro benzene ring substituents is 1. The van der Waals surface area contributed by atoms with E-state index in [1.54, 1.807) is 6.07 Å². The first-order valence-corrected chi connectivity index (χ1v) is 5.99. The summed E-state index contributed by atoms with van der Waals surface area (Å²) in [6, 6.07) is 9.74. The minimum absolute atomic E-state index is 0.104. The van der Waals surface area contributed by atoms with E-state index < -0.39 is 10.7 Å². The van der Waals surface area contributed by atoms with Gasteiger partial charge >= 0.3 is 0 Å². The van der Waals surface area contributed by atoms with Crippen LogP contribution in [0, 0.1) is 10.1 Å². The fraction of sp³-hybridized carbons (Fsp3) is 0.0667. The lowest BCUT2D eigenvalue weighted by atomic mass is 9.98. The van der Waals surface area contributed by atoms with Gasteiger partial charge in [-0.05, 0) is 30.3 Å². The van der Waals surface area contributed by atoms with Gasteiger partial charge in [0.1, 0.15) is 5.75 Å². The Labute approximate surface area is 120 Å². The first-order valence-electron chi connectivity index (χ1n) is 5.99. The van der Waals surface area contributed by atoms with E-state index in [0.29, 0.717) is 12.0 Å². The highest BCUT2D eigenvalue weighted by molar-refractivity contribution is 6.13. The number of hydrogen-bond acceptors (Lipinski definition) is 5. The summed E-state index contributed by atoms with van der Waals surface area (Å²) in [6.45, 7) is 0. The van der Waals surface area contributed by atoms with Gasteiger partial charge in [-0.2, -0.15) is 0 Å². The number of carbonyl (C=O) groups excluding carboxylic acids is 2. The van der Waals surface area contributed by atoms with Crippen LogP contribution in [-0.4, -0.2) is 24.1 Å². The van der Waals surface area contributed by atoms with Gasteiger partial charge in [-0.3, -0.25) is 19.7 Å². The number of methoxy groups -OCH3 is 1. The first-order chi connectivity index (χ1) is 10.1. The highest BCUT2D eigenvalue weighted by atomic mass is 16.6. The number of benzene rings is 2. The van der Waals surface area contributed by atoms with Crippen molar-refractivity contribution in [3.05, 3.63) is 69.3 Å². The summed E-state index contributed by atoms with van der Waals surface area (Å²) < 4.78 is 5.03. The molecule has 6 nitrogen and oxygen atoms in total. The Morgan fingerprint density at radius 3 is 2.38 bits per heavy atom. The van der Waals surface area contributed by atoms with Crippen molar-refractivity contribution in [1.82, 2.24) is 0 Å². The molecule has 0 amide bonds. The Kier molecular flexibility index (Phi) is 4.08. The zero-order valence-corrected chi connectivity index (χ0v) is 11.1. The molecule has 0 fully saturated rings. The third-order valence-electron chi connectivity index (χ3n) is 2.97. The lowest BCUT2D eigenvalue weighted by molar-refractivity contribution is -0.384. The molecule has 0 heterocycles. The fourth-order valence-electron chi connectivity index (χ4n) is 1.85. The molecule has 2 rings (SSSR count). The Morgan fingerprint density at radius 1 is 1.19 bits per heavy atom. The highest BCUT2D eigenvalue weighted by Crippen LogP contribution is 2.21. The molecule has 2 aromatic carbocycles. The molecule has 0 aliphatic carbocycles. The summed E-state index contributed by atoms with van der Waals surface area (Å²) in [5.74, 6) is 0.0526. The predicted octanol–water partition coefficient (Wildman–Crippen LogP) is 2.65. The topological polar surface area (TPSA) is 86.5 Å². The molecule has 0 aliphatic rings. The lowest BCUT2D eigenvalue weighted by Gasteiger charge is -2.07. The van der Waals surface area contributed by atoms with Crippen molar-refractivity contribution in [3.63, 3.8) is 0 Å². The number of non-ortho nitro benzene ring substituents is 1. The van der Waals surface area contributed by atoms with E-state index in [2.05, 4.69) is 0 Å². The number of ether oxygens (including phenoxy) is 1. The Hall–Kier alpha value is -3.02. The molecule has 0 aromatic heterocycles. The second-order valence-corrected chi connectivity index (χ2v) is 4.20. The minimum atomic E-state index is -0.545. The molecule has 0 saturated heterocycles. The van der Waals surface area contributed by atoms with Crippen LogP contribution in [0.2, 0.25) is 0 Å².